The van der Waals surface area contributed by atoms with Crippen molar-refractivity contribution in [2.45, 2.75) is 50.9 Å². The van der Waals surface area contributed by atoms with Crippen LogP contribution >= 0.6 is 0 Å². The van der Waals surface area contributed by atoms with Crippen molar-refractivity contribution in [2.24, 2.45) is 0 Å². The lowest BCUT2D eigenvalue weighted by atomic mass is 9.80. The van der Waals surface area contributed by atoms with Crippen LogP contribution in [0.2, 0.25) is 0 Å². The number of hydrogen-bond donors (Lipinski definition) is 0. The number of hydrogen-bond acceptors (Lipinski definition) is 0. The molecular formula is C15H21. The third-order valence-corrected chi connectivity index (χ3v) is 3.55. The Bertz CT molecular complexity index is 301. The van der Waals surface area contributed by atoms with Gasteiger partial charge in [-0.05, 0) is 42.7 Å². The molecular weight excluding hydrogens is 180 g/mol. The van der Waals surface area contributed by atoms with Crippen molar-refractivity contribution in [1.82, 2.24) is 0 Å². The molecule has 15 heavy (non-hydrogen) atoms. The molecule has 0 nitrogen and oxygen atoms in total. The molecule has 0 aromatic heterocycles. The molecule has 1 unspecified atom stereocenters. The summed E-state index contributed by atoms with van der Waals surface area (Å²) in [6.07, 6.45) is 9.17. The van der Waals surface area contributed by atoms with Gasteiger partial charge in [0.15, 0.2) is 0 Å². The maximum Gasteiger partial charge on any atom is -0.0159 e. The van der Waals surface area contributed by atoms with E-state index in [-0.39, 0.29) is 0 Å². The number of aryl methyl sites for hydroxylation is 1. The van der Waals surface area contributed by atoms with Gasteiger partial charge in [-0.15, -0.1) is 0 Å². The first-order chi connectivity index (χ1) is 7.42. The monoisotopic (exact) mass is 201 g/mol. The summed E-state index contributed by atoms with van der Waals surface area (Å²) in [5.41, 5.74) is 3.23. The van der Waals surface area contributed by atoms with Gasteiger partial charge >= 0.3 is 0 Å². The molecule has 1 atom stereocenters. The summed E-state index contributed by atoms with van der Waals surface area (Å²) >= 11 is 0. The first kappa shape index (κ1) is 10.7. The maximum atomic E-state index is 3.91. The predicted molar refractivity (Wildman–Crippen MR) is 65.9 cm³/mol. The maximum absolute atomic E-state index is 3.91. The minimum Gasteiger partial charge on any atom is -0.0620 e. The fourth-order valence-electron chi connectivity index (χ4n) is 2.72. The summed E-state index contributed by atoms with van der Waals surface area (Å²) in [7, 11) is 0. The fraction of sp³-hybridized carbons (Fsp3) is 0.533. The standard InChI is InChI=1S/C15H21/c1-2-3-4-8-13-10-7-11-14-9-5-6-12-15(13)14/h5-6,9,12-13H,1-4,7-8,10-11H2. The Morgan fingerprint density at radius 3 is 2.93 bits per heavy atom. The third kappa shape index (κ3) is 2.62. The molecule has 1 aliphatic rings. The van der Waals surface area contributed by atoms with E-state index in [9.17, 15) is 0 Å². The third-order valence-electron chi connectivity index (χ3n) is 3.55. The Labute approximate surface area is 93.7 Å². The molecule has 0 fully saturated rings. The molecule has 81 valence electrons. The van der Waals surface area contributed by atoms with Crippen molar-refractivity contribution >= 4 is 0 Å². The molecule has 1 aromatic rings. The van der Waals surface area contributed by atoms with Crippen LogP contribution in [-0.2, 0) is 6.42 Å². The second-order valence-electron chi connectivity index (χ2n) is 4.64. The SMILES string of the molecule is [CH2]CCCCC1CCCc2ccccc21. The quantitative estimate of drug-likeness (QED) is 0.629. The molecule has 0 spiro atoms. The van der Waals surface area contributed by atoms with E-state index in [2.05, 4.69) is 31.2 Å². The minimum atomic E-state index is 0.835. The molecule has 0 saturated carbocycles. The molecule has 0 aliphatic heterocycles. The number of unbranched alkanes of at least 4 members (excludes halogenated alkanes) is 2. The highest BCUT2D eigenvalue weighted by molar-refractivity contribution is 5.32. The van der Waals surface area contributed by atoms with Crippen molar-refractivity contribution in [3.05, 3.63) is 42.3 Å². The lowest BCUT2D eigenvalue weighted by Gasteiger charge is -2.25. The Morgan fingerprint density at radius 2 is 2.07 bits per heavy atom. The number of fused-ring (bicyclic) bond motifs is 1. The average Bonchev–Trinajstić information content (AvgIpc) is 2.30. The Hall–Kier alpha value is -0.780. The lowest BCUT2D eigenvalue weighted by molar-refractivity contribution is 0.496. The van der Waals surface area contributed by atoms with Crippen molar-refractivity contribution in [2.75, 3.05) is 0 Å². The van der Waals surface area contributed by atoms with Gasteiger partial charge in [-0.3, -0.25) is 0 Å². The van der Waals surface area contributed by atoms with E-state index >= 15 is 0 Å². The fourth-order valence-corrected chi connectivity index (χ4v) is 2.72. The van der Waals surface area contributed by atoms with Crippen molar-refractivity contribution in [3.63, 3.8) is 0 Å². The van der Waals surface area contributed by atoms with E-state index in [1.165, 1.54) is 38.5 Å². The highest BCUT2D eigenvalue weighted by Crippen LogP contribution is 2.34. The summed E-state index contributed by atoms with van der Waals surface area (Å²) in [4.78, 5) is 0. The predicted octanol–water partition coefficient (Wildman–Crippen LogP) is 4.50. The summed E-state index contributed by atoms with van der Waals surface area (Å²) in [6.45, 7) is 3.91. The van der Waals surface area contributed by atoms with Crippen LogP contribution in [0.25, 0.3) is 0 Å². The van der Waals surface area contributed by atoms with Crippen LogP contribution in [0.15, 0.2) is 24.3 Å². The summed E-state index contributed by atoms with van der Waals surface area (Å²) in [6, 6.07) is 9.02. The van der Waals surface area contributed by atoms with Gasteiger partial charge < -0.3 is 0 Å². The zero-order chi connectivity index (χ0) is 10.5. The zero-order valence-electron chi connectivity index (χ0n) is 9.54. The van der Waals surface area contributed by atoms with E-state index in [0.29, 0.717) is 0 Å². The zero-order valence-corrected chi connectivity index (χ0v) is 9.54. The van der Waals surface area contributed by atoms with Crippen molar-refractivity contribution < 1.29 is 0 Å². The minimum absolute atomic E-state index is 0.835. The van der Waals surface area contributed by atoms with Gasteiger partial charge in [-0.25, -0.2) is 0 Å². The summed E-state index contributed by atoms with van der Waals surface area (Å²) in [5.74, 6) is 0.835. The van der Waals surface area contributed by atoms with Gasteiger partial charge in [-0.2, -0.15) is 0 Å². The van der Waals surface area contributed by atoms with Gasteiger partial charge in [0, 0.05) is 0 Å². The molecule has 0 amide bonds. The van der Waals surface area contributed by atoms with Crippen LogP contribution in [-0.4, -0.2) is 0 Å². The van der Waals surface area contributed by atoms with Gasteiger partial charge in [0.2, 0.25) is 0 Å². The van der Waals surface area contributed by atoms with Gasteiger partial charge in [-0.1, -0.05) is 50.5 Å². The Morgan fingerprint density at radius 1 is 1.20 bits per heavy atom. The molecule has 1 radical (unpaired) electrons. The normalized spacial score (nSPS) is 19.9. The first-order valence-corrected chi connectivity index (χ1v) is 6.29. The molecule has 0 N–H and O–H groups in total. The second kappa shape index (κ2) is 5.34. The first-order valence-electron chi connectivity index (χ1n) is 6.29. The number of benzene rings is 1. The van der Waals surface area contributed by atoms with Gasteiger partial charge in [0.05, 0.1) is 0 Å². The molecule has 0 bridgehead atoms. The highest BCUT2D eigenvalue weighted by Gasteiger charge is 2.18. The average molecular weight is 201 g/mol. The lowest BCUT2D eigenvalue weighted by Crippen LogP contribution is -2.09. The summed E-state index contributed by atoms with van der Waals surface area (Å²) < 4.78 is 0. The van der Waals surface area contributed by atoms with Gasteiger partial charge in [0.1, 0.15) is 0 Å². The van der Waals surface area contributed by atoms with Crippen LogP contribution in [0.1, 0.15) is 55.6 Å². The largest absolute Gasteiger partial charge is 0.0620 e. The molecule has 2 rings (SSSR count). The van der Waals surface area contributed by atoms with Crippen LogP contribution in [0, 0.1) is 6.92 Å². The number of rotatable bonds is 4. The van der Waals surface area contributed by atoms with E-state index in [1.807, 2.05) is 0 Å². The van der Waals surface area contributed by atoms with Crippen LogP contribution < -0.4 is 0 Å². The highest BCUT2D eigenvalue weighted by atomic mass is 14.2. The van der Waals surface area contributed by atoms with Crippen LogP contribution in [0.4, 0.5) is 0 Å². The molecule has 0 heteroatoms. The van der Waals surface area contributed by atoms with E-state index < -0.39 is 0 Å². The molecule has 0 saturated heterocycles. The Kier molecular flexibility index (Phi) is 3.82. The van der Waals surface area contributed by atoms with Crippen molar-refractivity contribution in [3.8, 4) is 0 Å². The van der Waals surface area contributed by atoms with Gasteiger partial charge in [0.25, 0.3) is 0 Å². The van der Waals surface area contributed by atoms with Crippen LogP contribution in [0.3, 0.4) is 0 Å². The molecule has 0 heterocycles. The van der Waals surface area contributed by atoms with Crippen molar-refractivity contribution in [1.29, 1.82) is 0 Å². The molecule has 1 aromatic carbocycles. The van der Waals surface area contributed by atoms with E-state index in [4.69, 9.17) is 0 Å². The van der Waals surface area contributed by atoms with E-state index in [0.717, 1.165) is 12.3 Å². The molecule has 1 aliphatic carbocycles. The second-order valence-corrected chi connectivity index (χ2v) is 4.64. The van der Waals surface area contributed by atoms with E-state index in [1.54, 1.807) is 11.1 Å². The van der Waals surface area contributed by atoms with Crippen LogP contribution in [0.5, 0.6) is 0 Å². The smallest absolute Gasteiger partial charge is 0.0159 e. The topological polar surface area (TPSA) is 0 Å². The summed E-state index contributed by atoms with van der Waals surface area (Å²) in [5, 5.41) is 0. The Balaban J connectivity index is 2.02.